The molecule has 0 saturated heterocycles. The first-order valence-corrected chi connectivity index (χ1v) is 14.6. The fraction of sp³-hybridized carbons (Fsp3) is 0.926. The number of nitrogens with zero attached hydrogens (tertiary/aromatic N) is 1. The van der Waals surface area contributed by atoms with Crippen molar-refractivity contribution in [2.24, 2.45) is 0 Å². The molecule has 0 amide bonds. The third-order valence-corrected chi connectivity index (χ3v) is 8.55. The molecular weight excluding hydrogens is 401 g/mol. The van der Waals surface area contributed by atoms with E-state index in [2.05, 4.69) is 26.0 Å². The molecule has 184 valence electrons. The number of quaternary nitrogens is 1. The lowest BCUT2D eigenvalue weighted by Crippen LogP contribution is -2.55. The molecule has 0 aliphatic rings. The van der Waals surface area contributed by atoms with E-state index in [-0.39, 0.29) is 0 Å². The Labute approximate surface area is 196 Å². The van der Waals surface area contributed by atoms with E-state index in [9.17, 15) is 9.46 Å². The predicted molar refractivity (Wildman–Crippen MR) is 137 cm³/mol. The van der Waals surface area contributed by atoms with Gasteiger partial charge in [-0.3, -0.25) is 4.48 Å². The molecule has 2 atom stereocenters. The molecule has 0 N–H and O–H groups in total. The Morgan fingerprint density at radius 1 is 0.645 bits per heavy atom. The first-order valence-electron chi connectivity index (χ1n) is 13.4. The fourth-order valence-corrected chi connectivity index (χ4v) is 5.87. The van der Waals surface area contributed by atoms with Gasteiger partial charge in [0.25, 0.3) is 5.28 Å². The van der Waals surface area contributed by atoms with Crippen LogP contribution in [0.15, 0.2) is 12.2 Å². The summed E-state index contributed by atoms with van der Waals surface area (Å²) in [4.78, 5) is 12.1. The van der Waals surface area contributed by atoms with Crippen molar-refractivity contribution in [3.8, 4) is 0 Å². The fourth-order valence-electron chi connectivity index (χ4n) is 4.63. The molecule has 0 radical (unpaired) electrons. The van der Waals surface area contributed by atoms with E-state index in [0.29, 0.717) is 4.48 Å². The molecule has 31 heavy (non-hydrogen) atoms. The predicted octanol–water partition coefficient (Wildman–Crippen LogP) is 8.50. The molecule has 0 aromatic heterocycles. The number of unbranched alkanes of at least 4 members (excludes halogenated alkanes) is 14. The Kier molecular flexibility index (Phi) is 19.1. The molecule has 4 heteroatoms. The van der Waals surface area contributed by atoms with Crippen molar-refractivity contribution < 1.29 is 13.9 Å². The highest BCUT2D eigenvalue weighted by Crippen LogP contribution is 2.45. The maximum absolute atomic E-state index is 12.1. The summed E-state index contributed by atoms with van der Waals surface area (Å²) in [7, 11) is 3.65. The van der Waals surface area contributed by atoms with Gasteiger partial charge in [-0.1, -0.05) is 101 Å². The van der Waals surface area contributed by atoms with Crippen LogP contribution in [0.3, 0.4) is 0 Å². The Morgan fingerprint density at radius 2 is 1.06 bits per heavy atom. The summed E-state index contributed by atoms with van der Waals surface area (Å²) in [6, 6.07) is 0. The van der Waals surface area contributed by atoms with Crippen molar-refractivity contribution in [1.82, 2.24) is 0 Å². The standard InChI is InChI=1S/C27H55NO2P/c1-6-8-9-10-11-12-13-14-15-16-17-18-19-20-21-22-23-24-26-27(25-7-2,31(29)30)28(3,4)5/h19-20H,6-18,21-26H2,1-5H3/q+1/b20-19-. The highest BCUT2D eigenvalue weighted by Gasteiger charge is 2.53. The highest BCUT2D eigenvalue weighted by atomic mass is 31.1. The van der Waals surface area contributed by atoms with E-state index in [1.807, 2.05) is 21.1 Å². The zero-order chi connectivity index (χ0) is 23.4. The van der Waals surface area contributed by atoms with Crippen LogP contribution >= 0.6 is 8.03 Å². The van der Waals surface area contributed by atoms with Crippen LogP contribution in [0.5, 0.6) is 0 Å². The van der Waals surface area contributed by atoms with Crippen molar-refractivity contribution in [3.63, 3.8) is 0 Å². The molecule has 0 aromatic carbocycles. The van der Waals surface area contributed by atoms with Gasteiger partial charge < -0.3 is 4.89 Å². The van der Waals surface area contributed by atoms with E-state index in [0.717, 1.165) is 38.5 Å². The van der Waals surface area contributed by atoms with Gasteiger partial charge in [-0.25, -0.2) is 0 Å². The lowest BCUT2D eigenvalue weighted by Gasteiger charge is -2.39. The summed E-state index contributed by atoms with van der Waals surface area (Å²) in [6.45, 7) is 4.37. The molecule has 2 unspecified atom stereocenters. The number of hydrogen-bond donors (Lipinski definition) is 0. The summed E-state index contributed by atoms with van der Waals surface area (Å²) >= 11 is 0. The second kappa shape index (κ2) is 19.2. The van der Waals surface area contributed by atoms with Crippen LogP contribution in [-0.4, -0.2) is 30.9 Å². The average molecular weight is 457 g/mol. The summed E-state index contributed by atoms with van der Waals surface area (Å²) in [6.07, 6.45) is 28.2. The van der Waals surface area contributed by atoms with Gasteiger partial charge in [0.05, 0.1) is 21.1 Å². The number of hydrogen-bond acceptors (Lipinski definition) is 2. The van der Waals surface area contributed by atoms with Gasteiger partial charge >= 0.3 is 8.03 Å². The highest BCUT2D eigenvalue weighted by molar-refractivity contribution is 7.38. The van der Waals surface area contributed by atoms with Crippen LogP contribution in [0.2, 0.25) is 0 Å². The second-order valence-electron chi connectivity index (χ2n) is 10.4. The first-order chi connectivity index (χ1) is 14.8. The molecule has 0 rings (SSSR count). The maximum atomic E-state index is 12.1. The molecule has 0 spiro atoms. The summed E-state index contributed by atoms with van der Waals surface area (Å²) in [5, 5.41) is -0.602. The van der Waals surface area contributed by atoms with Crippen LogP contribution < -0.4 is 4.89 Å². The van der Waals surface area contributed by atoms with Crippen molar-refractivity contribution in [2.75, 3.05) is 21.1 Å². The Morgan fingerprint density at radius 3 is 1.45 bits per heavy atom. The minimum absolute atomic E-state index is 0.512. The van der Waals surface area contributed by atoms with Crippen LogP contribution in [0.4, 0.5) is 0 Å². The molecule has 0 aliphatic carbocycles. The molecule has 0 aromatic rings. The number of rotatable bonds is 22. The maximum Gasteiger partial charge on any atom is 0.376 e. The monoisotopic (exact) mass is 456 g/mol. The lowest BCUT2D eigenvalue weighted by molar-refractivity contribution is -0.910. The quantitative estimate of drug-likeness (QED) is 0.0709. The Balaban J connectivity index is 3.70. The normalized spacial score (nSPS) is 14.8. The van der Waals surface area contributed by atoms with Crippen molar-refractivity contribution in [1.29, 1.82) is 0 Å². The van der Waals surface area contributed by atoms with Crippen LogP contribution in [0, 0.1) is 0 Å². The van der Waals surface area contributed by atoms with E-state index in [4.69, 9.17) is 0 Å². The zero-order valence-corrected chi connectivity index (χ0v) is 22.7. The SMILES string of the molecule is CCCCCCCCCCCCC/C=C\CCCCCC(CCC)([P+](=O)[O-])[N+](C)(C)C. The van der Waals surface area contributed by atoms with E-state index in [1.165, 1.54) is 83.5 Å². The van der Waals surface area contributed by atoms with Crippen molar-refractivity contribution in [3.05, 3.63) is 12.2 Å². The van der Waals surface area contributed by atoms with Gasteiger partial charge in [-0.05, 0) is 38.5 Å². The van der Waals surface area contributed by atoms with Gasteiger partial charge in [0.2, 0.25) is 0 Å². The van der Waals surface area contributed by atoms with Gasteiger partial charge in [0.15, 0.2) is 0 Å². The molecule has 0 bridgehead atoms. The van der Waals surface area contributed by atoms with Crippen LogP contribution in [0.1, 0.15) is 136 Å². The first kappa shape index (κ1) is 30.8. The van der Waals surface area contributed by atoms with E-state index in [1.54, 1.807) is 0 Å². The van der Waals surface area contributed by atoms with Crippen LogP contribution in [-0.2, 0) is 4.57 Å². The van der Waals surface area contributed by atoms with E-state index >= 15 is 0 Å². The summed E-state index contributed by atoms with van der Waals surface area (Å²) in [5.41, 5.74) is 0. The second-order valence-corrected chi connectivity index (χ2v) is 11.7. The topological polar surface area (TPSA) is 40.1 Å². The third kappa shape index (κ3) is 14.5. The van der Waals surface area contributed by atoms with Gasteiger partial charge in [0, 0.05) is 12.8 Å². The smallest absolute Gasteiger partial charge is 0.376 e. The molecule has 0 heterocycles. The van der Waals surface area contributed by atoms with Crippen molar-refractivity contribution in [2.45, 2.75) is 141 Å². The van der Waals surface area contributed by atoms with Gasteiger partial charge in [-0.15, -0.1) is 0 Å². The Bertz CT molecular complexity index is 459. The van der Waals surface area contributed by atoms with E-state index < -0.39 is 13.3 Å². The molecule has 0 aliphatic heterocycles. The molecular formula is C27H55NO2P+. The minimum atomic E-state index is -2.43. The zero-order valence-electron chi connectivity index (χ0n) is 21.8. The van der Waals surface area contributed by atoms with Gasteiger partial charge in [-0.2, -0.15) is 0 Å². The Hall–Kier alpha value is -0.240. The summed E-state index contributed by atoms with van der Waals surface area (Å²) in [5.74, 6) is 0. The third-order valence-electron chi connectivity index (χ3n) is 6.83. The minimum Gasteiger partial charge on any atom is -0.590 e. The molecule has 0 fully saturated rings. The lowest BCUT2D eigenvalue weighted by atomic mass is 9.99. The average Bonchev–Trinajstić information content (AvgIpc) is 2.71. The largest absolute Gasteiger partial charge is 0.590 e. The number of allylic oxidation sites excluding steroid dienone is 2. The van der Waals surface area contributed by atoms with Crippen LogP contribution in [0.25, 0.3) is 0 Å². The van der Waals surface area contributed by atoms with Gasteiger partial charge in [0.1, 0.15) is 0 Å². The summed E-state index contributed by atoms with van der Waals surface area (Å²) < 4.78 is 12.6. The molecule has 0 saturated carbocycles. The van der Waals surface area contributed by atoms with Crippen molar-refractivity contribution >= 4 is 8.03 Å². The molecule has 3 nitrogen and oxygen atoms in total.